The molecule has 0 N–H and O–H groups in total. The van der Waals surface area contributed by atoms with Gasteiger partial charge in [0.1, 0.15) is 11.3 Å². The fraction of sp³-hybridized carbons (Fsp3) is 0.357. The second kappa shape index (κ2) is 3.36. The van der Waals surface area contributed by atoms with Gasteiger partial charge >= 0.3 is 5.63 Å². The molecule has 0 amide bonds. The summed E-state index contributed by atoms with van der Waals surface area (Å²) in [7, 11) is 0. The van der Waals surface area contributed by atoms with Crippen LogP contribution in [-0.2, 0) is 0 Å². The average Bonchev–Trinajstić information content (AvgIpc) is 2.31. The van der Waals surface area contributed by atoms with Gasteiger partial charge < -0.3 is 9.15 Å². The number of ether oxygens (including phenoxy) is 1. The van der Waals surface area contributed by atoms with Crippen LogP contribution in [0.5, 0.6) is 5.75 Å². The summed E-state index contributed by atoms with van der Waals surface area (Å²) in [5, 5.41) is 0.973. The van der Waals surface area contributed by atoms with Crippen molar-refractivity contribution in [1.29, 1.82) is 0 Å². The van der Waals surface area contributed by atoms with Crippen molar-refractivity contribution >= 4 is 11.0 Å². The minimum atomic E-state index is -0.303. The lowest BCUT2D eigenvalue weighted by Gasteiger charge is -2.24. The molecule has 0 bridgehead atoms. The Morgan fingerprint density at radius 2 is 2.06 bits per heavy atom. The van der Waals surface area contributed by atoms with Crippen LogP contribution in [0.4, 0.5) is 0 Å². The van der Waals surface area contributed by atoms with Crippen LogP contribution in [0.15, 0.2) is 21.3 Å². The van der Waals surface area contributed by atoms with Gasteiger partial charge in [0.15, 0.2) is 0 Å². The second-order valence-electron chi connectivity index (χ2n) is 4.73. The third-order valence-corrected chi connectivity index (χ3v) is 3.46. The molecule has 0 saturated carbocycles. The molecule has 17 heavy (non-hydrogen) atoms. The van der Waals surface area contributed by atoms with Crippen LogP contribution in [0.3, 0.4) is 0 Å². The Balaban J connectivity index is 2.57. The number of hydrogen-bond donors (Lipinski definition) is 0. The molecular formula is C14H14O3. The van der Waals surface area contributed by atoms with Crippen LogP contribution in [0.1, 0.15) is 29.5 Å². The van der Waals surface area contributed by atoms with E-state index in [0.717, 1.165) is 10.9 Å². The van der Waals surface area contributed by atoms with Crippen molar-refractivity contribution in [3.05, 3.63) is 39.2 Å². The molecule has 1 aromatic heterocycles. The van der Waals surface area contributed by atoms with Crippen molar-refractivity contribution in [2.45, 2.75) is 26.7 Å². The van der Waals surface area contributed by atoms with Crippen molar-refractivity contribution < 1.29 is 9.15 Å². The van der Waals surface area contributed by atoms with E-state index in [4.69, 9.17) is 9.15 Å². The molecule has 0 radical (unpaired) electrons. The Bertz CT molecular complexity index is 667. The van der Waals surface area contributed by atoms with Gasteiger partial charge in [-0.3, -0.25) is 0 Å². The number of rotatable bonds is 0. The van der Waals surface area contributed by atoms with Crippen molar-refractivity contribution in [1.82, 2.24) is 0 Å². The van der Waals surface area contributed by atoms with Gasteiger partial charge in [0.2, 0.25) is 0 Å². The van der Waals surface area contributed by atoms with Gasteiger partial charge in [-0.05, 0) is 25.0 Å². The van der Waals surface area contributed by atoms with Gasteiger partial charge in [-0.2, -0.15) is 0 Å². The minimum absolute atomic E-state index is 0.303. The van der Waals surface area contributed by atoms with E-state index in [1.54, 1.807) is 6.92 Å². The van der Waals surface area contributed by atoms with Crippen molar-refractivity contribution in [3.8, 4) is 5.75 Å². The van der Waals surface area contributed by atoms with E-state index in [-0.39, 0.29) is 5.63 Å². The highest BCUT2D eigenvalue weighted by Crippen LogP contribution is 2.39. The van der Waals surface area contributed by atoms with Gasteiger partial charge in [0.05, 0.1) is 17.6 Å². The number of hydrogen-bond acceptors (Lipinski definition) is 3. The maximum Gasteiger partial charge on any atom is 0.342 e. The third kappa shape index (κ3) is 1.32. The first-order valence-electron chi connectivity index (χ1n) is 5.79. The van der Waals surface area contributed by atoms with E-state index in [0.29, 0.717) is 29.4 Å². The molecule has 0 saturated heterocycles. The summed E-state index contributed by atoms with van der Waals surface area (Å²) < 4.78 is 11.1. The van der Waals surface area contributed by atoms with Crippen molar-refractivity contribution in [2.75, 3.05) is 6.61 Å². The molecule has 1 aliphatic heterocycles. The first-order valence-corrected chi connectivity index (χ1v) is 5.79. The number of benzene rings is 1. The standard InChI is InChI=1S/C14H14O3/c1-7-4-5-10-8(2)6-16-13-9(3)14(15)17-12(7)11(10)13/h4-5,8H,6H2,1-3H3/t8-/m1/s1. The van der Waals surface area contributed by atoms with Crippen molar-refractivity contribution in [3.63, 3.8) is 0 Å². The highest BCUT2D eigenvalue weighted by molar-refractivity contribution is 5.91. The molecule has 3 nitrogen and oxygen atoms in total. The maximum atomic E-state index is 11.7. The molecule has 0 spiro atoms. The largest absolute Gasteiger partial charge is 0.492 e. The molecule has 1 aromatic carbocycles. The van der Waals surface area contributed by atoms with Crippen LogP contribution < -0.4 is 10.4 Å². The number of aryl methyl sites for hydroxylation is 1. The summed E-state index contributed by atoms with van der Waals surface area (Å²) in [5.41, 5.74) is 3.11. The van der Waals surface area contributed by atoms with Gasteiger partial charge in [0, 0.05) is 5.92 Å². The normalized spacial score (nSPS) is 18.2. The third-order valence-electron chi connectivity index (χ3n) is 3.46. The Morgan fingerprint density at radius 3 is 2.82 bits per heavy atom. The zero-order valence-electron chi connectivity index (χ0n) is 10.2. The lowest BCUT2D eigenvalue weighted by Crippen LogP contribution is -2.17. The second-order valence-corrected chi connectivity index (χ2v) is 4.73. The van der Waals surface area contributed by atoms with Crippen LogP contribution >= 0.6 is 0 Å². The molecular weight excluding hydrogens is 216 g/mol. The molecule has 1 aliphatic rings. The predicted molar refractivity (Wildman–Crippen MR) is 65.9 cm³/mol. The van der Waals surface area contributed by atoms with E-state index in [1.165, 1.54) is 5.56 Å². The maximum absolute atomic E-state index is 11.7. The van der Waals surface area contributed by atoms with Gasteiger partial charge in [0.25, 0.3) is 0 Å². The SMILES string of the molecule is Cc1c2c3c(ccc(C)c3oc1=O)[C@H](C)CO2. The zero-order valence-corrected chi connectivity index (χ0v) is 10.2. The molecule has 0 unspecified atom stereocenters. The lowest BCUT2D eigenvalue weighted by atomic mass is 9.92. The Kier molecular flexibility index (Phi) is 2.05. The van der Waals surface area contributed by atoms with Crippen LogP contribution in [0.25, 0.3) is 11.0 Å². The smallest absolute Gasteiger partial charge is 0.342 e. The lowest BCUT2D eigenvalue weighted by molar-refractivity contribution is 0.285. The molecule has 0 aliphatic carbocycles. The summed E-state index contributed by atoms with van der Waals surface area (Å²) in [4.78, 5) is 11.7. The highest BCUT2D eigenvalue weighted by atomic mass is 16.5. The van der Waals surface area contributed by atoms with Crippen LogP contribution in [0.2, 0.25) is 0 Å². The van der Waals surface area contributed by atoms with E-state index in [9.17, 15) is 4.79 Å². The molecule has 1 atom stereocenters. The minimum Gasteiger partial charge on any atom is -0.492 e. The van der Waals surface area contributed by atoms with E-state index < -0.39 is 0 Å². The van der Waals surface area contributed by atoms with Gasteiger partial charge in [-0.1, -0.05) is 19.1 Å². The van der Waals surface area contributed by atoms with E-state index in [2.05, 4.69) is 13.0 Å². The average molecular weight is 230 g/mol. The van der Waals surface area contributed by atoms with E-state index >= 15 is 0 Å². The van der Waals surface area contributed by atoms with Gasteiger partial charge in [-0.15, -0.1) is 0 Å². The summed E-state index contributed by atoms with van der Waals surface area (Å²) in [6.07, 6.45) is 0. The quantitative estimate of drug-likeness (QED) is 0.653. The summed E-state index contributed by atoms with van der Waals surface area (Å²) in [6.45, 7) is 6.44. The molecule has 3 heteroatoms. The first kappa shape index (κ1) is 10.4. The Morgan fingerprint density at radius 1 is 1.29 bits per heavy atom. The fourth-order valence-electron chi connectivity index (χ4n) is 2.41. The Labute approximate surface area is 99.0 Å². The van der Waals surface area contributed by atoms with Gasteiger partial charge in [-0.25, -0.2) is 4.79 Å². The molecule has 2 heterocycles. The highest BCUT2D eigenvalue weighted by Gasteiger charge is 2.24. The molecule has 88 valence electrons. The van der Waals surface area contributed by atoms with Crippen molar-refractivity contribution in [2.24, 2.45) is 0 Å². The first-order chi connectivity index (χ1) is 8.09. The fourth-order valence-corrected chi connectivity index (χ4v) is 2.41. The Hall–Kier alpha value is -1.77. The van der Waals surface area contributed by atoms with Crippen LogP contribution in [0, 0.1) is 13.8 Å². The molecule has 2 aromatic rings. The molecule has 3 rings (SSSR count). The van der Waals surface area contributed by atoms with E-state index in [1.807, 2.05) is 13.0 Å². The summed E-state index contributed by atoms with van der Waals surface area (Å²) in [6, 6.07) is 4.11. The summed E-state index contributed by atoms with van der Waals surface area (Å²) in [5.74, 6) is 1.03. The zero-order chi connectivity index (χ0) is 12.2. The molecule has 0 fully saturated rings. The summed E-state index contributed by atoms with van der Waals surface area (Å²) >= 11 is 0. The van der Waals surface area contributed by atoms with Crippen LogP contribution in [-0.4, -0.2) is 6.61 Å². The topological polar surface area (TPSA) is 39.4 Å². The predicted octanol–water partition coefficient (Wildman–Crippen LogP) is 2.91. The monoisotopic (exact) mass is 230 g/mol.